The van der Waals surface area contributed by atoms with Gasteiger partial charge in [0.25, 0.3) is 0 Å². The van der Waals surface area contributed by atoms with E-state index >= 15 is 0 Å². The van der Waals surface area contributed by atoms with Gasteiger partial charge >= 0.3 is 0 Å². The van der Waals surface area contributed by atoms with Crippen LogP contribution in [0.25, 0.3) is 0 Å². The van der Waals surface area contributed by atoms with Crippen molar-refractivity contribution in [2.24, 2.45) is 53.3 Å². The van der Waals surface area contributed by atoms with Gasteiger partial charge in [0.2, 0.25) is 0 Å². The van der Waals surface area contributed by atoms with E-state index < -0.39 is 12.2 Å². The molecule has 1 saturated heterocycles. The minimum absolute atomic E-state index is 0.214. The van der Waals surface area contributed by atoms with Crippen molar-refractivity contribution in [1.82, 2.24) is 0 Å². The number of quaternary nitrogens is 1. The predicted octanol–water partition coefficient (Wildman–Crippen LogP) is 10.8. The van der Waals surface area contributed by atoms with Gasteiger partial charge in [0, 0.05) is 0 Å². The lowest BCUT2D eigenvalue weighted by atomic mass is 9.48. The van der Waals surface area contributed by atoms with E-state index in [1.807, 2.05) is 12.1 Å². The SMILES string of the molecule is ClCC1CO1.OC(CCl)COc1ccc(C23CC4CC(CC(C4)C2)C3)cc1.Oc1ccc(C23CC4CC(CC(C4)C2)C3)cc1.[NH3+]CC(O)COc1ccc(C23CC4CC(CC(C4)C2)C3)cc1. The first-order valence-electron chi connectivity index (χ1n) is 26.2. The molecule has 0 radical (unpaired) electrons. The van der Waals surface area contributed by atoms with Crippen LogP contribution in [-0.2, 0) is 21.0 Å². The van der Waals surface area contributed by atoms with E-state index in [9.17, 15) is 15.3 Å². The Morgan fingerprint density at radius 2 is 0.788 bits per heavy atom. The van der Waals surface area contributed by atoms with E-state index in [0.29, 0.717) is 47.1 Å². The number of ether oxygens (including phenoxy) is 3. The van der Waals surface area contributed by atoms with Crippen molar-refractivity contribution in [2.45, 2.75) is 150 Å². The Labute approximate surface area is 404 Å². The number of aliphatic hydroxyl groups is 2. The molecule has 9 heteroatoms. The van der Waals surface area contributed by atoms with Crippen molar-refractivity contribution >= 4 is 23.2 Å². The molecule has 12 saturated carbocycles. The second-order valence-corrected chi connectivity index (χ2v) is 24.3. The number of hydrogen-bond acceptors (Lipinski definition) is 6. The normalized spacial score (nSPS) is 38.5. The number of hydrogen-bond donors (Lipinski definition) is 4. The van der Waals surface area contributed by atoms with Crippen LogP contribution in [-0.4, -0.2) is 71.8 Å². The minimum Gasteiger partial charge on any atom is -0.508 e. The van der Waals surface area contributed by atoms with Gasteiger partial charge in [-0.1, -0.05) is 36.4 Å². The minimum atomic E-state index is -0.593. The molecule has 12 bridgehead atoms. The van der Waals surface area contributed by atoms with Gasteiger partial charge in [0.15, 0.2) is 0 Å². The van der Waals surface area contributed by atoms with Gasteiger partial charge in [-0.2, -0.15) is 0 Å². The molecule has 1 heterocycles. The molecule has 1 aliphatic heterocycles. The van der Waals surface area contributed by atoms with E-state index in [2.05, 4.69) is 66.4 Å². The van der Waals surface area contributed by atoms with E-state index in [1.54, 1.807) is 0 Å². The van der Waals surface area contributed by atoms with Gasteiger partial charge < -0.3 is 35.3 Å². The number of alkyl halides is 2. The van der Waals surface area contributed by atoms with E-state index in [4.69, 9.17) is 37.4 Å². The third-order valence-corrected chi connectivity index (χ3v) is 19.2. The van der Waals surface area contributed by atoms with Gasteiger partial charge in [-0.3, -0.25) is 0 Å². The topological polar surface area (TPSA) is 119 Å². The zero-order valence-corrected chi connectivity index (χ0v) is 40.9. The molecule has 13 fully saturated rings. The fraction of sp³-hybridized carbons (Fsp3) is 0.684. The predicted molar refractivity (Wildman–Crippen MR) is 262 cm³/mol. The van der Waals surface area contributed by atoms with Gasteiger partial charge in [0.1, 0.15) is 49.2 Å². The first-order valence-corrected chi connectivity index (χ1v) is 27.2. The Morgan fingerprint density at radius 1 is 0.500 bits per heavy atom. The van der Waals surface area contributed by atoms with E-state index in [1.165, 1.54) is 132 Å². The number of epoxide rings is 1. The second-order valence-electron chi connectivity index (χ2n) is 23.7. The lowest BCUT2D eigenvalue weighted by Gasteiger charge is -2.57. The van der Waals surface area contributed by atoms with Gasteiger partial charge in [-0.25, -0.2) is 0 Å². The fourth-order valence-electron chi connectivity index (χ4n) is 16.7. The lowest BCUT2D eigenvalue weighted by Crippen LogP contribution is -2.56. The molecular weight excluding hydrogens is 866 g/mol. The Balaban J connectivity index is 0.000000111. The number of aliphatic hydroxyl groups excluding tert-OH is 2. The summed E-state index contributed by atoms with van der Waals surface area (Å²) in [5.41, 5.74) is 9.60. The maximum atomic E-state index is 9.54. The molecule has 0 aromatic heterocycles. The fourth-order valence-corrected chi connectivity index (χ4v) is 17.0. The zero-order valence-electron chi connectivity index (χ0n) is 39.4. The van der Waals surface area contributed by atoms with Gasteiger partial charge in [-0.05, 0) is 238 Å². The van der Waals surface area contributed by atoms with Crippen LogP contribution >= 0.6 is 23.2 Å². The zero-order chi connectivity index (χ0) is 45.5. The third-order valence-electron chi connectivity index (χ3n) is 18.5. The first kappa shape index (κ1) is 47.2. The maximum absolute atomic E-state index is 9.54. The molecule has 13 aliphatic rings. The molecule has 360 valence electrons. The van der Waals surface area contributed by atoms with Crippen LogP contribution in [0.15, 0.2) is 72.8 Å². The number of phenolic OH excluding ortho intramolecular Hbond substituents is 1. The van der Waals surface area contributed by atoms with Crippen LogP contribution in [0.4, 0.5) is 0 Å². The van der Waals surface area contributed by atoms with Crippen molar-refractivity contribution in [1.29, 1.82) is 0 Å². The number of phenols is 1. The number of benzene rings is 3. The largest absolute Gasteiger partial charge is 0.508 e. The Bertz CT molecular complexity index is 1830. The Hall–Kier alpha value is -2.52. The van der Waals surface area contributed by atoms with Crippen LogP contribution < -0.4 is 15.2 Å². The van der Waals surface area contributed by atoms with Crippen molar-refractivity contribution in [3.63, 3.8) is 0 Å². The molecule has 3 atom stereocenters. The summed E-state index contributed by atoms with van der Waals surface area (Å²) in [6.07, 6.45) is 25.4. The molecule has 7 nitrogen and oxygen atoms in total. The molecule has 0 spiro atoms. The number of halogens is 2. The summed E-state index contributed by atoms with van der Waals surface area (Å²) in [6, 6.07) is 25.5. The maximum Gasteiger partial charge on any atom is 0.136 e. The molecule has 3 aromatic carbocycles. The number of aromatic hydroxyl groups is 1. The highest BCUT2D eigenvalue weighted by molar-refractivity contribution is 6.18. The molecular formula is C57H78Cl2NO6+. The molecule has 0 amide bonds. The van der Waals surface area contributed by atoms with E-state index in [0.717, 1.165) is 71.4 Å². The van der Waals surface area contributed by atoms with Gasteiger partial charge in [0.05, 0.1) is 24.5 Å². The van der Waals surface area contributed by atoms with Gasteiger partial charge in [-0.15, -0.1) is 23.2 Å². The summed E-state index contributed by atoms with van der Waals surface area (Å²) in [5, 5.41) is 28.4. The highest BCUT2D eigenvalue weighted by atomic mass is 35.5. The number of rotatable bonds is 12. The monoisotopic (exact) mass is 943 g/mol. The molecule has 3 unspecified atom stereocenters. The van der Waals surface area contributed by atoms with Crippen LogP contribution in [0.3, 0.4) is 0 Å². The summed E-state index contributed by atoms with van der Waals surface area (Å²) in [4.78, 5) is 0. The summed E-state index contributed by atoms with van der Waals surface area (Å²) >= 11 is 10.9. The summed E-state index contributed by atoms with van der Waals surface area (Å²) in [5.74, 6) is 11.8. The van der Waals surface area contributed by atoms with Crippen LogP contribution in [0.2, 0.25) is 0 Å². The lowest BCUT2D eigenvalue weighted by molar-refractivity contribution is -0.384. The van der Waals surface area contributed by atoms with Crippen LogP contribution in [0.5, 0.6) is 17.2 Å². The van der Waals surface area contributed by atoms with Crippen molar-refractivity contribution in [2.75, 3.05) is 38.1 Å². The Morgan fingerprint density at radius 3 is 1.03 bits per heavy atom. The summed E-state index contributed by atoms with van der Waals surface area (Å²) < 4.78 is 16.0. The highest BCUT2D eigenvalue weighted by Crippen LogP contribution is 2.63. The summed E-state index contributed by atoms with van der Waals surface area (Å²) in [7, 11) is 0. The van der Waals surface area contributed by atoms with E-state index in [-0.39, 0.29) is 12.5 Å². The smallest absolute Gasteiger partial charge is 0.136 e. The standard InChI is InChI=1S/C19H25ClO2.C19H27NO2.C16H20O.C3H5ClO/c2*20-11-17(21)12-22-18-3-1-16(2-4-18)19-8-13-5-14(9-19)7-15(6-13)10-19;17-15-3-1-14(2-4-15)16-8-11-5-12(9-16)7-13(6-11)10-16;4-1-3-2-5-3/h1-4,13-15,17,21H,5-12H2;1-4,13-15,17,21H,5-12,20H2;1-4,11-13,17H,5-10H2;3H,1-2H2/p+1. The second kappa shape index (κ2) is 20.1. The first-order chi connectivity index (χ1) is 32.0. The van der Waals surface area contributed by atoms with Crippen molar-refractivity contribution in [3.8, 4) is 17.2 Å². The molecule has 16 rings (SSSR count). The van der Waals surface area contributed by atoms with Crippen molar-refractivity contribution in [3.05, 3.63) is 89.5 Å². The summed E-state index contributed by atoms with van der Waals surface area (Å²) in [6.45, 7) is 1.97. The molecule has 12 aliphatic carbocycles. The highest BCUT2D eigenvalue weighted by Gasteiger charge is 2.54. The van der Waals surface area contributed by atoms with Crippen molar-refractivity contribution < 1.29 is 35.3 Å². The average molecular weight is 944 g/mol. The average Bonchev–Trinajstić information content (AvgIpc) is 4.15. The quantitative estimate of drug-likeness (QED) is 0.106. The molecule has 6 N–H and O–H groups in total. The van der Waals surface area contributed by atoms with Crippen LogP contribution in [0.1, 0.15) is 132 Å². The molecule has 66 heavy (non-hydrogen) atoms. The Kier molecular flexibility index (Phi) is 14.3. The van der Waals surface area contributed by atoms with Crippen LogP contribution in [0, 0.1) is 53.3 Å². The molecule has 3 aromatic rings. The third kappa shape index (κ3) is 10.6.